The summed E-state index contributed by atoms with van der Waals surface area (Å²) in [5.41, 5.74) is 4.57. The molecule has 0 radical (unpaired) electrons. The molecule has 7 nitrogen and oxygen atoms in total. The summed E-state index contributed by atoms with van der Waals surface area (Å²) < 4.78 is 5.04. The molecule has 0 aliphatic rings. The van der Waals surface area contributed by atoms with E-state index in [0.717, 1.165) is 0 Å². The van der Waals surface area contributed by atoms with Gasteiger partial charge in [0.05, 0.1) is 0 Å². The van der Waals surface area contributed by atoms with Crippen molar-refractivity contribution in [1.29, 1.82) is 0 Å². The molecule has 0 saturated heterocycles. The lowest BCUT2D eigenvalue weighted by molar-refractivity contribution is -0.120. The molecule has 0 bridgehead atoms. The summed E-state index contributed by atoms with van der Waals surface area (Å²) in [6, 6.07) is 2.18. The van der Waals surface area contributed by atoms with Gasteiger partial charge >= 0.3 is 6.09 Å². The Morgan fingerprint density at radius 2 is 2.10 bits per heavy atom. The van der Waals surface area contributed by atoms with Crippen LogP contribution in [0.1, 0.15) is 26.3 Å². The van der Waals surface area contributed by atoms with Crippen LogP contribution in [0, 0.1) is 0 Å². The quantitative estimate of drug-likeness (QED) is 0.736. The maximum atomic E-state index is 11.6. The van der Waals surface area contributed by atoms with Crippen LogP contribution in [0.2, 0.25) is 0 Å². The summed E-state index contributed by atoms with van der Waals surface area (Å²) in [6.07, 6.45) is 0.727. The van der Waals surface area contributed by atoms with Crippen LogP contribution in [-0.4, -0.2) is 28.6 Å². The van der Waals surface area contributed by atoms with E-state index in [2.05, 4.69) is 10.3 Å². The number of aromatic amines is 1. The van der Waals surface area contributed by atoms with Crippen LogP contribution in [-0.2, 0) is 16.0 Å². The molecule has 20 heavy (non-hydrogen) atoms. The first-order chi connectivity index (χ1) is 9.19. The Labute approximate surface area is 116 Å². The molecule has 7 heteroatoms. The lowest BCUT2D eigenvalue weighted by Crippen LogP contribution is -2.48. The molecular formula is C13H19N3O4. The molecule has 110 valence electrons. The molecule has 1 rings (SSSR count). The molecule has 0 aliphatic carbocycles. The zero-order valence-corrected chi connectivity index (χ0v) is 11.7. The van der Waals surface area contributed by atoms with Gasteiger partial charge < -0.3 is 20.8 Å². The topological polar surface area (TPSA) is 114 Å². The van der Waals surface area contributed by atoms with Crippen molar-refractivity contribution in [2.45, 2.75) is 38.8 Å². The van der Waals surface area contributed by atoms with Gasteiger partial charge in [0.2, 0.25) is 5.91 Å². The number of amides is 2. The van der Waals surface area contributed by atoms with Crippen LogP contribution < -0.4 is 16.6 Å². The molecular weight excluding hydrogens is 262 g/mol. The average molecular weight is 281 g/mol. The van der Waals surface area contributed by atoms with Gasteiger partial charge in [-0.1, -0.05) is 6.07 Å². The maximum absolute atomic E-state index is 11.6. The predicted octanol–water partition coefficient (Wildman–Crippen LogP) is 0.296. The number of hydrogen-bond acceptors (Lipinski definition) is 4. The van der Waals surface area contributed by atoms with Gasteiger partial charge in [0, 0.05) is 18.2 Å². The number of nitrogens with one attached hydrogen (secondary N) is 2. The number of alkyl carbamates (subject to hydrolysis) is 1. The molecule has 0 aromatic carbocycles. The molecule has 0 aliphatic heterocycles. The van der Waals surface area contributed by atoms with Gasteiger partial charge in [-0.05, 0) is 26.8 Å². The minimum absolute atomic E-state index is 0.00471. The Balaban J connectivity index is 2.76. The van der Waals surface area contributed by atoms with Crippen LogP contribution in [0.25, 0.3) is 0 Å². The highest BCUT2D eigenvalue weighted by Crippen LogP contribution is 2.07. The number of aromatic nitrogens is 1. The van der Waals surface area contributed by atoms with E-state index in [0.29, 0.717) is 5.56 Å². The summed E-state index contributed by atoms with van der Waals surface area (Å²) in [5.74, 6) is -0.737. The Morgan fingerprint density at radius 1 is 1.45 bits per heavy atom. The van der Waals surface area contributed by atoms with Crippen LogP contribution in [0.5, 0.6) is 0 Å². The smallest absolute Gasteiger partial charge is 0.408 e. The van der Waals surface area contributed by atoms with Crippen molar-refractivity contribution in [1.82, 2.24) is 10.3 Å². The molecule has 0 saturated carbocycles. The number of primary amides is 1. The van der Waals surface area contributed by atoms with Gasteiger partial charge in [0.15, 0.2) is 0 Å². The summed E-state index contributed by atoms with van der Waals surface area (Å²) in [6.45, 7) is 5.11. The van der Waals surface area contributed by atoms with E-state index in [-0.39, 0.29) is 12.0 Å². The summed E-state index contributed by atoms with van der Waals surface area (Å²) >= 11 is 0. The second kappa shape index (κ2) is 6.23. The summed E-state index contributed by atoms with van der Waals surface area (Å²) in [4.78, 5) is 37.0. The molecule has 2 amide bonds. The zero-order chi connectivity index (χ0) is 15.3. The largest absolute Gasteiger partial charge is 0.444 e. The molecule has 0 spiro atoms. The summed E-state index contributed by atoms with van der Waals surface area (Å²) in [5, 5.41) is 2.36. The van der Waals surface area contributed by atoms with Crippen molar-refractivity contribution in [2.24, 2.45) is 5.73 Å². The molecule has 1 aromatic rings. The van der Waals surface area contributed by atoms with Crippen molar-refractivity contribution in [2.75, 3.05) is 0 Å². The molecule has 1 unspecified atom stereocenters. The maximum Gasteiger partial charge on any atom is 0.408 e. The van der Waals surface area contributed by atoms with E-state index in [9.17, 15) is 14.4 Å². The SMILES string of the molecule is CC(C)(C)OC(=O)NC(Cc1ccc[nH]c1=O)C(N)=O. The lowest BCUT2D eigenvalue weighted by atomic mass is 10.1. The average Bonchev–Trinajstić information content (AvgIpc) is 2.28. The van der Waals surface area contributed by atoms with E-state index in [1.165, 1.54) is 6.20 Å². The van der Waals surface area contributed by atoms with Crippen LogP contribution in [0.3, 0.4) is 0 Å². The second-order valence-electron chi connectivity index (χ2n) is 5.33. The second-order valence-corrected chi connectivity index (χ2v) is 5.33. The van der Waals surface area contributed by atoms with Crippen LogP contribution in [0.4, 0.5) is 4.79 Å². The summed E-state index contributed by atoms with van der Waals surface area (Å²) in [7, 11) is 0. The number of carbonyl (C=O) groups excluding carboxylic acids is 2. The first-order valence-electron chi connectivity index (χ1n) is 6.14. The van der Waals surface area contributed by atoms with E-state index in [1.54, 1.807) is 32.9 Å². The van der Waals surface area contributed by atoms with Crippen molar-refractivity contribution < 1.29 is 14.3 Å². The third kappa shape index (κ3) is 5.13. The fraction of sp³-hybridized carbons (Fsp3) is 0.462. The lowest BCUT2D eigenvalue weighted by Gasteiger charge is -2.22. The number of nitrogens with two attached hydrogens (primary N) is 1. The number of ether oxygens (including phenoxy) is 1. The van der Waals surface area contributed by atoms with Crippen molar-refractivity contribution >= 4 is 12.0 Å². The predicted molar refractivity (Wildman–Crippen MR) is 73.1 cm³/mol. The van der Waals surface area contributed by atoms with Gasteiger partial charge in [-0.3, -0.25) is 9.59 Å². The van der Waals surface area contributed by atoms with Crippen molar-refractivity contribution in [3.05, 3.63) is 34.2 Å². The first kappa shape index (κ1) is 15.7. The fourth-order valence-electron chi connectivity index (χ4n) is 1.51. The van der Waals surface area contributed by atoms with Crippen molar-refractivity contribution in [3.8, 4) is 0 Å². The molecule has 0 fully saturated rings. The highest BCUT2D eigenvalue weighted by Gasteiger charge is 2.23. The number of H-pyrrole nitrogens is 1. The zero-order valence-electron chi connectivity index (χ0n) is 11.7. The monoisotopic (exact) mass is 281 g/mol. The molecule has 4 N–H and O–H groups in total. The van der Waals surface area contributed by atoms with E-state index < -0.39 is 23.6 Å². The number of pyridine rings is 1. The fourth-order valence-corrected chi connectivity index (χ4v) is 1.51. The highest BCUT2D eigenvalue weighted by molar-refractivity contribution is 5.84. The number of carbonyl (C=O) groups is 2. The number of rotatable bonds is 4. The standard InChI is InChI=1S/C13H19N3O4/c1-13(2,3)20-12(19)16-9(10(14)17)7-8-5-4-6-15-11(8)18/h4-6,9H,7H2,1-3H3,(H2,14,17)(H,15,18)(H,16,19). The molecule has 1 heterocycles. The van der Waals surface area contributed by atoms with E-state index >= 15 is 0 Å². The van der Waals surface area contributed by atoms with Gasteiger partial charge in [-0.15, -0.1) is 0 Å². The van der Waals surface area contributed by atoms with E-state index in [1.807, 2.05) is 0 Å². The van der Waals surface area contributed by atoms with Crippen LogP contribution >= 0.6 is 0 Å². The van der Waals surface area contributed by atoms with Crippen LogP contribution in [0.15, 0.2) is 23.1 Å². The number of hydrogen-bond donors (Lipinski definition) is 3. The van der Waals surface area contributed by atoms with Gasteiger partial charge in [-0.2, -0.15) is 0 Å². The highest BCUT2D eigenvalue weighted by atomic mass is 16.6. The molecule has 1 aromatic heterocycles. The Bertz CT molecular complexity index is 545. The minimum atomic E-state index is -1.01. The normalized spacial score (nSPS) is 12.6. The minimum Gasteiger partial charge on any atom is -0.444 e. The Morgan fingerprint density at radius 3 is 2.60 bits per heavy atom. The molecule has 1 atom stereocenters. The van der Waals surface area contributed by atoms with Gasteiger partial charge in [0.25, 0.3) is 5.56 Å². The van der Waals surface area contributed by atoms with E-state index in [4.69, 9.17) is 10.5 Å². The van der Waals surface area contributed by atoms with Gasteiger partial charge in [-0.25, -0.2) is 4.79 Å². The Kier molecular flexibility index (Phi) is 4.90. The van der Waals surface area contributed by atoms with Crippen molar-refractivity contribution in [3.63, 3.8) is 0 Å². The Hall–Kier alpha value is -2.31. The first-order valence-corrected chi connectivity index (χ1v) is 6.14. The third-order valence-electron chi connectivity index (χ3n) is 2.36. The third-order valence-corrected chi connectivity index (χ3v) is 2.36. The van der Waals surface area contributed by atoms with Gasteiger partial charge in [0.1, 0.15) is 11.6 Å².